The minimum absolute atomic E-state index is 0.0933. The highest BCUT2D eigenvalue weighted by Crippen LogP contribution is 2.24. The molecule has 1 aliphatic heterocycles. The molecule has 1 saturated heterocycles. The lowest BCUT2D eigenvalue weighted by molar-refractivity contribution is -0.0516. The zero-order chi connectivity index (χ0) is 14.0. The zero-order valence-electron chi connectivity index (χ0n) is 10.6. The molecule has 1 fully saturated rings. The van der Waals surface area contributed by atoms with Crippen molar-refractivity contribution in [2.75, 3.05) is 25.5 Å². The van der Waals surface area contributed by atoms with Crippen LogP contribution in [0.3, 0.4) is 0 Å². The molecule has 1 aromatic rings. The van der Waals surface area contributed by atoms with E-state index in [0.717, 1.165) is 0 Å². The van der Waals surface area contributed by atoms with Gasteiger partial charge in [0.25, 0.3) is 10.0 Å². The molecule has 0 radical (unpaired) electrons. The van der Waals surface area contributed by atoms with Gasteiger partial charge in [0.05, 0.1) is 25.0 Å². The van der Waals surface area contributed by atoms with Crippen LogP contribution >= 0.6 is 0 Å². The summed E-state index contributed by atoms with van der Waals surface area (Å²) in [6, 6.07) is 2.75. The van der Waals surface area contributed by atoms with E-state index < -0.39 is 16.1 Å². The van der Waals surface area contributed by atoms with Gasteiger partial charge in [-0.05, 0) is 19.1 Å². The Morgan fingerprint density at radius 3 is 3.00 bits per heavy atom. The number of nitrogens with zero attached hydrogens (tertiary/aromatic N) is 2. The van der Waals surface area contributed by atoms with Gasteiger partial charge in [0.15, 0.2) is 5.03 Å². The number of pyridine rings is 1. The number of anilines is 1. The maximum atomic E-state index is 12.5. The molecule has 2 heterocycles. The van der Waals surface area contributed by atoms with Crippen molar-refractivity contribution in [2.45, 2.75) is 24.1 Å². The van der Waals surface area contributed by atoms with Gasteiger partial charge in [0.2, 0.25) is 0 Å². The van der Waals surface area contributed by atoms with Crippen molar-refractivity contribution in [1.82, 2.24) is 9.29 Å². The Kier molecular flexibility index (Phi) is 4.04. The fourth-order valence-corrected chi connectivity index (χ4v) is 3.65. The van der Waals surface area contributed by atoms with Gasteiger partial charge < -0.3 is 15.6 Å². The Balaban J connectivity index is 2.36. The number of sulfonamides is 1. The fraction of sp³-hybridized carbons (Fsp3) is 0.545. The average Bonchev–Trinajstić information content (AvgIpc) is 2.39. The lowest BCUT2D eigenvalue weighted by Crippen LogP contribution is -2.52. The summed E-state index contributed by atoms with van der Waals surface area (Å²) >= 11 is 0. The molecule has 8 heteroatoms. The Morgan fingerprint density at radius 2 is 2.37 bits per heavy atom. The third kappa shape index (κ3) is 2.71. The van der Waals surface area contributed by atoms with E-state index in [0.29, 0.717) is 0 Å². The topological polar surface area (TPSA) is 106 Å². The Labute approximate surface area is 112 Å². The molecular formula is C11H17N3O4S. The van der Waals surface area contributed by atoms with Crippen molar-refractivity contribution in [3.63, 3.8) is 0 Å². The van der Waals surface area contributed by atoms with Crippen LogP contribution in [-0.2, 0) is 14.8 Å². The second kappa shape index (κ2) is 5.41. The molecule has 106 valence electrons. The van der Waals surface area contributed by atoms with E-state index in [1.807, 2.05) is 0 Å². The molecule has 0 aromatic carbocycles. The van der Waals surface area contributed by atoms with Crippen molar-refractivity contribution < 1.29 is 18.3 Å². The summed E-state index contributed by atoms with van der Waals surface area (Å²) in [4.78, 5) is 3.85. The van der Waals surface area contributed by atoms with E-state index in [-0.39, 0.29) is 36.5 Å². The summed E-state index contributed by atoms with van der Waals surface area (Å²) < 4.78 is 31.6. The van der Waals surface area contributed by atoms with E-state index in [1.54, 1.807) is 13.0 Å². The summed E-state index contributed by atoms with van der Waals surface area (Å²) in [6.45, 7) is 1.84. The molecule has 1 aliphatic rings. The number of aromatic nitrogens is 1. The minimum Gasteiger partial charge on any atom is -0.396 e. The number of ether oxygens (including phenoxy) is 1. The third-order valence-corrected chi connectivity index (χ3v) is 4.96. The molecule has 0 spiro atoms. The van der Waals surface area contributed by atoms with Crippen molar-refractivity contribution >= 4 is 15.7 Å². The van der Waals surface area contributed by atoms with Gasteiger partial charge in [-0.15, -0.1) is 0 Å². The number of hydrogen-bond acceptors (Lipinski definition) is 6. The predicted octanol–water partition coefficient (Wildman–Crippen LogP) is -0.566. The van der Waals surface area contributed by atoms with Crippen LogP contribution in [0.5, 0.6) is 0 Å². The lowest BCUT2D eigenvalue weighted by atomic mass is 10.2. The van der Waals surface area contributed by atoms with Gasteiger partial charge in [-0.2, -0.15) is 4.31 Å². The first-order valence-electron chi connectivity index (χ1n) is 5.91. The van der Waals surface area contributed by atoms with Crippen LogP contribution in [0.1, 0.15) is 6.92 Å². The minimum atomic E-state index is -3.78. The molecule has 2 atom stereocenters. The summed E-state index contributed by atoms with van der Waals surface area (Å²) in [5.41, 5.74) is 5.79. The molecule has 0 bridgehead atoms. The SMILES string of the molecule is CC1COC(CO)CN1S(=O)(=O)c1ncccc1N. The smallest absolute Gasteiger partial charge is 0.263 e. The zero-order valence-corrected chi connectivity index (χ0v) is 11.4. The van der Waals surface area contributed by atoms with Crippen LogP contribution in [-0.4, -0.2) is 54.7 Å². The van der Waals surface area contributed by atoms with Crippen LogP contribution in [0.15, 0.2) is 23.4 Å². The summed E-state index contributed by atoms with van der Waals surface area (Å²) in [5, 5.41) is 8.95. The van der Waals surface area contributed by atoms with Crippen LogP contribution in [0.4, 0.5) is 5.69 Å². The predicted molar refractivity (Wildman–Crippen MR) is 68.8 cm³/mol. The first-order chi connectivity index (χ1) is 8.96. The largest absolute Gasteiger partial charge is 0.396 e. The van der Waals surface area contributed by atoms with Gasteiger partial charge in [-0.3, -0.25) is 0 Å². The summed E-state index contributed by atoms with van der Waals surface area (Å²) in [7, 11) is -3.78. The first kappa shape index (κ1) is 14.2. The van der Waals surface area contributed by atoms with Gasteiger partial charge in [0, 0.05) is 18.8 Å². The van der Waals surface area contributed by atoms with Crippen LogP contribution in [0, 0.1) is 0 Å². The standard InChI is InChI=1S/C11H17N3O4S/c1-8-7-18-9(6-15)5-14(8)19(16,17)11-10(12)3-2-4-13-11/h2-4,8-9,15H,5-7,12H2,1H3. The Bertz CT molecular complexity index is 549. The van der Waals surface area contributed by atoms with E-state index in [9.17, 15) is 8.42 Å². The molecule has 2 rings (SSSR count). The normalized spacial score (nSPS) is 25.4. The quantitative estimate of drug-likeness (QED) is 0.771. The number of morpholine rings is 1. The highest BCUT2D eigenvalue weighted by molar-refractivity contribution is 7.89. The van der Waals surface area contributed by atoms with Crippen molar-refractivity contribution in [1.29, 1.82) is 0 Å². The molecular weight excluding hydrogens is 270 g/mol. The van der Waals surface area contributed by atoms with Crippen LogP contribution in [0.25, 0.3) is 0 Å². The van der Waals surface area contributed by atoms with Gasteiger partial charge in [-0.1, -0.05) is 0 Å². The van der Waals surface area contributed by atoms with Gasteiger partial charge >= 0.3 is 0 Å². The molecule has 3 N–H and O–H groups in total. The molecule has 1 aromatic heterocycles. The molecule has 2 unspecified atom stereocenters. The monoisotopic (exact) mass is 287 g/mol. The number of aliphatic hydroxyl groups excluding tert-OH is 1. The van der Waals surface area contributed by atoms with E-state index >= 15 is 0 Å². The first-order valence-corrected chi connectivity index (χ1v) is 7.35. The van der Waals surface area contributed by atoms with Gasteiger partial charge in [-0.25, -0.2) is 13.4 Å². The molecule has 19 heavy (non-hydrogen) atoms. The van der Waals surface area contributed by atoms with Crippen molar-refractivity contribution in [3.8, 4) is 0 Å². The number of rotatable bonds is 3. The Morgan fingerprint density at radius 1 is 1.63 bits per heavy atom. The molecule has 0 amide bonds. The van der Waals surface area contributed by atoms with E-state index in [4.69, 9.17) is 15.6 Å². The number of hydrogen-bond donors (Lipinski definition) is 2. The van der Waals surface area contributed by atoms with E-state index in [2.05, 4.69) is 4.98 Å². The van der Waals surface area contributed by atoms with Crippen molar-refractivity contribution in [2.24, 2.45) is 0 Å². The third-order valence-electron chi connectivity index (χ3n) is 3.01. The van der Waals surface area contributed by atoms with Crippen LogP contribution < -0.4 is 5.73 Å². The van der Waals surface area contributed by atoms with Gasteiger partial charge in [0.1, 0.15) is 0 Å². The van der Waals surface area contributed by atoms with E-state index in [1.165, 1.54) is 16.6 Å². The number of nitrogens with two attached hydrogens (primary N) is 1. The highest BCUT2D eigenvalue weighted by atomic mass is 32.2. The second-order valence-electron chi connectivity index (χ2n) is 4.46. The Hall–Kier alpha value is -1.22. The summed E-state index contributed by atoms with van der Waals surface area (Å²) in [5.74, 6) is 0. The number of nitrogen functional groups attached to an aromatic ring is 1. The second-order valence-corrected chi connectivity index (χ2v) is 6.27. The highest BCUT2D eigenvalue weighted by Gasteiger charge is 2.36. The molecule has 7 nitrogen and oxygen atoms in total. The maximum absolute atomic E-state index is 12.5. The molecule has 0 saturated carbocycles. The summed E-state index contributed by atoms with van der Waals surface area (Å²) in [6.07, 6.45) is 0.869. The molecule has 0 aliphatic carbocycles. The lowest BCUT2D eigenvalue weighted by Gasteiger charge is -2.36. The van der Waals surface area contributed by atoms with Crippen LogP contribution in [0.2, 0.25) is 0 Å². The maximum Gasteiger partial charge on any atom is 0.263 e. The fourth-order valence-electron chi connectivity index (χ4n) is 1.97. The number of aliphatic hydroxyl groups is 1. The average molecular weight is 287 g/mol. The van der Waals surface area contributed by atoms with Crippen molar-refractivity contribution in [3.05, 3.63) is 18.3 Å².